The molecule has 0 amide bonds. The van der Waals surface area contributed by atoms with Gasteiger partial charge in [-0.25, -0.2) is 8.42 Å². The Kier molecular flexibility index (Phi) is 5.66. The van der Waals surface area contributed by atoms with Crippen molar-refractivity contribution >= 4 is 15.8 Å². The van der Waals surface area contributed by atoms with Gasteiger partial charge in [0, 0.05) is 45.3 Å². The molecule has 1 aromatic heterocycles. The molecule has 3 heterocycles. The third-order valence-electron chi connectivity index (χ3n) is 5.04. The van der Waals surface area contributed by atoms with E-state index in [2.05, 4.69) is 28.4 Å². The van der Waals surface area contributed by atoms with Crippen LogP contribution in [-0.4, -0.2) is 66.7 Å². The van der Waals surface area contributed by atoms with Crippen LogP contribution in [0.5, 0.6) is 0 Å². The van der Waals surface area contributed by atoms with Crippen molar-refractivity contribution in [2.24, 2.45) is 18.0 Å². The van der Waals surface area contributed by atoms with Crippen LogP contribution < -0.4 is 5.32 Å². The van der Waals surface area contributed by atoms with Crippen LogP contribution in [0.15, 0.2) is 17.4 Å². The molecule has 0 spiro atoms. The Morgan fingerprint density at radius 1 is 1.44 bits per heavy atom. The molecule has 1 N–H and O–H groups in total. The van der Waals surface area contributed by atoms with Gasteiger partial charge in [0.25, 0.3) is 0 Å². The van der Waals surface area contributed by atoms with Gasteiger partial charge in [-0.15, -0.1) is 0 Å². The Labute approximate surface area is 150 Å². The molecule has 25 heavy (non-hydrogen) atoms. The maximum absolute atomic E-state index is 11.6. The van der Waals surface area contributed by atoms with Gasteiger partial charge in [0.05, 0.1) is 17.7 Å². The lowest BCUT2D eigenvalue weighted by Crippen LogP contribution is -2.40. The minimum atomic E-state index is -2.83. The molecular weight excluding hydrogens is 338 g/mol. The van der Waals surface area contributed by atoms with Gasteiger partial charge in [-0.1, -0.05) is 6.92 Å². The lowest BCUT2D eigenvalue weighted by molar-refractivity contribution is 0.479. The molecule has 7 nitrogen and oxygen atoms in total. The molecule has 2 saturated heterocycles. The number of hydrogen-bond donors (Lipinski definition) is 1. The minimum Gasteiger partial charge on any atom is -0.356 e. The summed E-state index contributed by atoms with van der Waals surface area (Å²) in [4.78, 5) is 7.07. The van der Waals surface area contributed by atoms with Gasteiger partial charge < -0.3 is 10.2 Å². The molecule has 2 fully saturated rings. The van der Waals surface area contributed by atoms with Gasteiger partial charge in [0.15, 0.2) is 15.8 Å². The summed E-state index contributed by atoms with van der Waals surface area (Å²) < 4.78 is 25.1. The van der Waals surface area contributed by atoms with Crippen molar-refractivity contribution in [3.8, 4) is 0 Å². The third kappa shape index (κ3) is 4.74. The molecule has 2 unspecified atom stereocenters. The van der Waals surface area contributed by atoms with Crippen molar-refractivity contribution in [3.05, 3.63) is 18.0 Å². The second kappa shape index (κ2) is 7.76. The highest BCUT2D eigenvalue weighted by atomic mass is 32.2. The van der Waals surface area contributed by atoms with Crippen molar-refractivity contribution in [2.45, 2.75) is 32.1 Å². The van der Waals surface area contributed by atoms with Gasteiger partial charge >= 0.3 is 0 Å². The summed E-state index contributed by atoms with van der Waals surface area (Å²) in [5, 5.41) is 7.72. The van der Waals surface area contributed by atoms with E-state index < -0.39 is 9.84 Å². The predicted octanol–water partition coefficient (Wildman–Crippen LogP) is 1.000. The number of sulfone groups is 1. The maximum Gasteiger partial charge on any atom is 0.193 e. The molecule has 2 aliphatic rings. The SMILES string of the molecule is CCCNC(=NCC1CCS(=O)(=O)C1)N1CCC(c2cnn(C)c2)C1. The van der Waals surface area contributed by atoms with Crippen LogP contribution in [0.2, 0.25) is 0 Å². The van der Waals surface area contributed by atoms with Gasteiger partial charge in [0.2, 0.25) is 0 Å². The van der Waals surface area contributed by atoms with Crippen LogP contribution in [0.3, 0.4) is 0 Å². The van der Waals surface area contributed by atoms with Crippen molar-refractivity contribution in [1.82, 2.24) is 20.0 Å². The fourth-order valence-electron chi connectivity index (χ4n) is 3.61. The summed E-state index contributed by atoms with van der Waals surface area (Å²) in [6, 6.07) is 0. The van der Waals surface area contributed by atoms with E-state index in [1.54, 1.807) is 0 Å². The number of aryl methyl sites for hydroxylation is 1. The zero-order valence-corrected chi connectivity index (χ0v) is 16.0. The molecule has 8 heteroatoms. The van der Waals surface area contributed by atoms with Gasteiger partial charge in [-0.3, -0.25) is 9.67 Å². The molecular formula is C17H29N5O2S. The average molecular weight is 368 g/mol. The Bertz CT molecular complexity index is 712. The Morgan fingerprint density at radius 3 is 2.92 bits per heavy atom. The first-order chi connectivity index (χ1) is 12.0. The number of aliphatic imine (C=N–C) groups is 1. The summed E-state index contributed by atoms with van der Waals surface area (Å²) in [7, 11) is -0.888. The Morgan fingerprint density at radius 2 is 2.28 bits per heavy atom. The van der Waals surface area contributed by atoms with E-state index in [1.165, 1.54) is 5.56 Å². The zero-order chi connectivity index (χ0) is 17.9. The zero-order valence-electron chi connectivity index (χ0n) is 15.2. The fourth-order valence-corrected chi connectivity index (χ4v) is 5.46. The molecule has 0 radical (unpaired) electrons. The quantitative estimate of drug-likeness (QED) is 0.620. The summed E-state index contributed by atoms with van der Waals surface area (Å²) in [5.74, 6) is 2.18. The van der Waals surface area contributed by atoms with E-state index in [-0.39, 0.29) is 11.7 Å². The minimum absolute atomic E-state index is 0.167. The summed E-state index contributed by atoms with van der Waals surface area (Å²) in [6.07, 6.45) is 6.92. The number of rotatable bonds is 5. The third-order valence-corrected chi connectivity index (χ3v) is 6.88. The summed E-state index contributed by atoms with van der Waals surface area (Å²) >= 11 is 0. The number of aromatic nitrogens is 2. The molecule has 140 valence electrons. The Hall–Kier alpha value is -1.57. The van der Waals surface area contributed by atoms with E-state index >= 15 is 0 Å². The van der Waals surface area contributed by atoms with Crippen molar-refractivity contribution < 1.29 is 8.42 Å². The number of nitrogens with zero attached hydrogens (tertiary/aromatic N) is 4. The summed E-state index contributed by atoms with van der Waals surface area (Å²) in [6.45, 7) is 5.52. The van der Waals surface area contributed by atoms with Crippen LogP contribution in [0.1, 0.15) is 37.7 Å². The van der Waals surface area contributed by atoms with E-state index in [0.29, 0.717) is 18.2 Å². The van der Waals surface area contributed by atoms with E-state index in [0.717, 1.165) is 44.9 Å². The van der Waals surface area contributed by atoms with Crippen molar-refractivity contribution in [3.63, 3.8) is 0 Å². The largest absolute Gasteiger partial charge is 0.356 e. The molecule has 1 aromatic rings. The maximum atomic E-state index is 11.6. The fraction of sp³-hybridized carbons (Fsp3) is 0.765. The number of nitrogens with one attached hydrogen (secondary N) is 1. The molecule has 3 rings (SSSR count). The lowest BCUT2D eigenvalue weighted by Gasteiger charge is -2.22. The van der Waals surface area contributed by atoms with Crippen LogP contribution >= 0.6 is 0 Å². The average Bonchev–Trinajstić information content (AvgIpc) is 3.27. The molecule has 2 atom stereocenters. The highest BCUT2D eigenvalue weighted by Gasteiger charge is 2.29. The second-order valence-electron chi connectivity index (χ2n) is 7.24. The first-order valence-corrected chi connectivity index (χ1v) is 11.0. The first-order valence-electron chi connectivity index (χ1n) is 9.19. The van der Waals surface area contributed by atoms with Crippen LogP contribution in [0.25, 0.3) is 0 Å². The monoisotopic (exact) mass is 367 g/mol. The first kappa shape index (κ1) is 18.2. The molecule has 0 bridgehead atoms. The highest BCUT2D eigenvalue weighted by Crippen LogP contribution is 2.27. The molecule has 2 aliphatic heterocycles. The predicted molar refractivity (Wildman–Crippen MR) is 99.5 cm³/mol. The van der Waals surface area contributed by atoms with E-state index in [4.69, 9.17) is 4.99 Å². The van der Waals surface area contributed by atoms with Crippen LogP contribution in [0, 0.1) is 5.92 Å². The number of likely N-dealkylation sites (tertiary alicyclic amines) is 1. The number of guanidine groups is 1. The standard InChI is InChI=1S/C17H29N5O2S/c1-3-6-18-17(19-9-14-5-8-25(23,24)13-14)22-7-4-15(12-22)16-10-20-21(2)11-16/h10-11,14-15H,3-9,12-13H2,1-2H3,(H,18,19). The smallest absolute Gasteiger partial charge is 0.193 e. The van der Waals surface area contributed by atoms with E-state index in [1.807, 2.05) is 17.9 Å². The van der Waals surface area contributed by atoms with Gasteiger partial charge in [-0.05, 0) is 30.7 Å². The number of hydrogen-bond acceptors (Lipinski definition) is 4. The van der Waals surface area contributed by atoms with Crippen LogP contribution in [-0.2, 0) is 16.9 Å². The van der Waals surface area contributed by atoms with Gasteiger partial charge in [0.1, 0.15) is 0 Å². The summed E-state index contributed by atoms with van der Waals surface area (Å²) in [5.41, 5.74) is 1.28. The molecule has 0 aromatic carbocycles. The van der Waals surface area contributed by atoms with Crippen molar-refractivity contribution in [2.75, 3.05) is 37.7 Å². The Balaban J connectivity index is 1.63. The topological polar surface area (TPSA) is 79.6 Å². The van der Waals surface area contributed by atoms with E-state index in [9.17, 15) is 8.42 Å². The van der Waals surface area contributed by atoms with Gasteiger partial charge in [-0.2, -0.15) is 5.10 Å². The molecule has 0 aliphatic carbocycles. The van der Waals surface area contributed by atoms with Crippen LogP contribution in [0.4, 0.5) is 0 Å². The highest BCUT2D eigenvalue weighted by molar-refractivity contribution is 7.91. The lowest BCUT2D eigenvalue weighted by atomic mass is 10.0. The van der Waals surface area contributed by atoms with Crippen molar-refractivity contribution in [1.29, 1.82) is 0 Å². The molecule has 0 saturated carbocycles. The second-order valence-corrected chi connectivity index (χ2v) is 9.47. The normalized spacial score (nSPS) is 26.3.